The van der Waals surface area contributed by atoms with Crippen molar-refractivity contribution in [3.05, 3.63) is 27.7 Å². The molecule has 0 amide bonds. The van der Waals surface area contributed by atoms with Crippen LogP contribution >= 0.6 is 23.2 Å². The van der Waals surface area contributed by atoms with Crippen LogP contribution in [0.1, 0.15) is 33.3 Å². The molecule has 17 heavy (non-hydrogen) atoms. The van der Waals surface area contributed by atoms with Gasteiger partial charge in [0.15, 0.2) is 0 Å². The van der Waals surface area contributed by atoms with Gasteiger partial charge in [0.1, 0.15) is 5.75 Å². The second kappa shape index (κ2) is 6.48. The van der Waals surface area contributed by atoms with E-state index >= 15 is 0 Å². The van der Waals surface area contributed by atoms with Gasteiger partial charge in [-0.15, -0.1) is 0 Å². The topological polar surface area (TPSA) is 21.3 Å². The normalized spacial score (nSPS) is 11.3. The molecule has 0 aliphatic heterocycles. The molecule has 0 spiro atoms. The van der Waals surface area contributed by atoms with Crippen molar-refractivity contribution >= 4 is 23.2 Å². The minimum absolute atomic E-state index is 0.0893. The zero-order valence-electron chi connectivity index (χ0n) is 10.7. The molecule has 0 aromatic heterocycles. The summed E-state index contributed by atoms with van der Waals surface area (Å²) in [7, 11) is 0. The molecule has 0 heterocycles. The van der Waals surface area contributed by atoms with Crippen molar-refractivity contribution < 1.29 is 4.74 Å². The van der Waals surface area contributed by atoms with E-state index < -0.39 is 0 Å². The molecule has 0 saturated carbocycles. The molecule has 0 unspecified atom stereocenters. The van der Waals surface area contributed by atoms with E-state index in [0.29, 0.717) is 22.6 Å². The smallest absolute Gasteiger partial charge is 0.142 e. The first-order valence-corrected chi connectivity index (χ1v) is 6.53. The lowest BCUT2D eigenvalue weighted by atomic mass is 10.2. The zero-order chi connectivity index (χ0) is 13.0. The molecule has 0 atom stereocenters. The van der Waals surface area contributed by atoms with Crippen LogP contribution in [0.25, 0.3) is 0 Å². The summed E-state index contributed by atoms with van der Waals surface area (Å²) in [6.45, 7) is 8.83. The Morgan fingerprint density at radius 1 is 1.18 bits per heavy atom. The van der Waals surface area contributed by atoms with Crippen molar-refractivity contribution in [3.63, 3.8) is 0 Å². The predicted molar refractivity (Wildman–Crippen MR) is 74.2 cm³/mol. The summed E-state index contributed by atoms with van der Waals surface area (Å²) in [4.78, 5) is 0. The van der Waals surface area contributed by atoms with Gasteiger partial charge in [-0.3, -0.25) is 0 Å². The Kier molecular flexibility index (Phi) is 5.57. The second-order valence-corrected chi connectivity index (χ2v) is 5.42. The Bertz CT molecular complexity index is 378. The lowest BCUT2D eigenvalue weighted by Crippen LogP contribution is -2.22. The molecule has 2 nitrogen and oxygen atoms in total. The summed E-state index contributed by atoms with van der Waals surface area (Å²) >= 11 is 12.2. The predicted octanol–water partition coefficient (Wildman–Crippen LogP) is 4.28. The van der Waals surface area contributed by atoms with E-state index in [4.69, 9.17) is 27.9 Å². The van der Waals surface area contributed by atoms with E-state index in [1.807, 2.05) is 19.9 Å². The van der Waals surface area contributed by atoms with Crippen LogP contribution in [0.15, 0.2) is 12.1 Å². The molecule has 0 radical (unpaired) electrons. The number of nitrogens with one attached hydrogen (secondary N) is 1. The molecule has 1 aromatic rings. The Hall–Kier alpha value is -0.440. The number of halogens is 2. The molecule has 96 valence electrons. The number of rotatable bonds is 5. The van der Waals surface area contributed by atoms with Crippen molar-refractivity contribution in [2.75, 3.05) is 0 Å². The van der Waals surface area contributed by atoms with Crippen LogP contribution in [0.5, 0.6) is 5.75 Å². The summed E-state index contributed by atoms with van der Waals surface area (Å²) < 4.78 is 5.73. The standard InChI is InChI=1S/C13H19Cl2NO/c1-8(2)16-7-10-5-11(14)6-12(15)13(10)17-9(3)4/h5-6,8-9,16H,7H2,1-4H3. The number of ether oxygens (including phenoxy) is 1. The summed E-state index contributed by atoms with van der Waals surface area (Å²) in [5.41, 5.74) is 0.991. The molecule has 0 bridgehead atoms. The Balaban J connectivity index is 2.98. The highest BCUT2D eigenvalue weighted by Gasteiger charge is 2.12. The maximum Gasteiger partial charge on any atom is 0.142 e. The van der Waals surface area contributed by atoms with Gasteiger partial charge in [-0.25, -0.2) is 0 Å². The fourth-order valence-electron chi connectivity index (χ4n) is 1.43. The zero-order valence-corrected chi connectivity index (χ0v) is 12.2. The lowest BCUT2D eigenvalue weighted by Gasteiger charge is -2.17. The Labute approximate surface area is 113 Å². The molecule has 0 fully saturated rings. The molecule has 1 rings (SSSR count). The molecule has 0 aliphatic rings. The molecule has 0 saturated heterocycles. The minimum Gasteiger partial charge on any atom is -0.489 e. The van der Waals surface area contributed by atoms with E-state index in [0.717, 1.165) is 11.3 Å². The highest BCUT2D eigenvalue weighted by Crippen LogP contribution is 2.33. The summed E-state index contributed by atoms with van der Waals surface area (Å²) in [5, 5.41) is 4.53. The second-order valence-electron chi connectivity index (χ2n) is 4.58. The molecule has 0 aliphatic carbocycles. The monoisotopic (exact) mass is 275 g/mol. The molecule has 1 aromatic carbocycles. The van der Waals surface area contributed by atoms with Gasteiger partial charge < -0.3 is 10.1 Å². The van der Waals surface area contributed by atoms with E-state index in [1.54, 1.807) is 6.07 Å². The van der Waals surface area contributed by atoms with Crippen molar-refractivity contribution in [1.29, 1.82) is 0 Å². The summed E-state index contributed by atoms with van der Waals surface area (Å²) in [6.07, 6.45) is 0.0893. The third kappa shape index (κ3) is 4.74. The minimum atomic E-state index is 0.0893. The lowest BCUT2D eigenvalue weighted by molar-refractivity contribution is 0.239. The fourth-order valence-corrected chi connectivity index (χ4v) is 2.01. The van der Waals surface area contributed by atoms with Crippen LogP contribution in [0.4, 0.5) is 0 Å². The molecule has 4 heteroatoms. The Morgan fingerprint density at radius 3 is 2.35 bits per heavy atom. The highest BCUT2D eigenvalue weighted by atomic mass is 35.5. The summed E-state index contributed by atoms with van der Waals surface area (Å²) in [6, 6.07) is 4.00. The van der Waals surface area contributed by atoms with Crippen LogP contribution in [0, 0.1) is 0 Å². The SMILES string of the molecule is CC(C)NCc1cc(Cl)cc(Cl)c1OC(C)C. The van der Waals surface area contributed by atoms with Crippen LogP contribution in [-0.4, -0.2) is 12.1 Å². The fraction of sp³-hybridized carbons (Fsp3) is 0.538. The summed E-state index contributed by atoms with van der Waals surface area (Å²) in [5.74, 6) is 0.721. The third-order valence-electron chi connectivity index (χ3n) is 2.14. The number of hydrogen-bond acceptors (Lipinski definition) is 2. The molecular weight excluding hydrogens is 257 g/mol. The highest BCUT2D eigenvalue weighted by molar-refractivity contribution is 6.35. The van der Waals surface area contributed by atoms with Gasteiger partial charge in [0.2, 0.25) is 0 Å². The first-order valence-electron chi connectivity index (χ1n) is 5.78. The van der Waals surface area contributed by atoms with Crippen molar-refractivity contribution in [2.24, 2.45) is 0 Å². The van der Waals surface area contributed by atoms with E-state index in [-0.39, 0.29) is 6.10 Å². The van der Waals surface area contributed by atoms with Gasteiger partial charge >= 0.3 is 0 Å². The average Bonchev–Trinajstić information content (AvgIpc) is 2.18. The van der Waals surface area contributed by atoms with Crippen molar-refractivity contribution in [2.45, 2.75) is 46.4 Å². The van der Waals surface area contributed by atoms with Gasteiger partial charge in [0, 0.05) is 23.2 Å². The first kappa shape index (κ1) is 14.6. The van der Waals surface area contributed by atoms with Gasteiger partial charge in [0.25, 0.3) is 0 Å². The van der Waals surface area contributed by atoms with Crippen molar-refractivity contribution in [1.82, 2.24) is 5.32 Å². The molecular formula is C13H19Cl2NO. The first-order chi connectivity index (χ1) is 7.90. The average molecular weight is 276 g/mol. The van der Waals surface area contributed by atoms with Crippen LogP contribution in [0.2, 0.25) is 10.0 Å². The van der Waals surface area contributed by atoms with Gasteiger partial charge in [0.05, 0.1) is 11.1 Å². The maximum atomic E-state index is 6.16. The van der Waals surface area contributed by atoms with E-state index in [1.165, 1.54) is 0 Å². The third-order valence-corrected chi connectivity index (χ3v) is 2.64. The largest absolute Gasteiger partial charge is 0.489 e. The van der Waals surface area contributed by atoms with Gasteiger partial charge in [-0.2, -0.15) is 0 Å². The van der Waals surface area contributed by atoms with Crippen molar-refractivity contribution in [3.8, 4) is 5.75 Å². The van der Waals surface area contributed by atoms with Crippen LogP contribution in [0.3, 0.4) is 0 Å². The van der Waals surface area contributed by atoms with E-state index in [9.17, 15) is 0 Å². The maximum absolute atomic E-state index is 6.16. The van der Waals surface area contributed by atoms with Crippen LogP contribution < -0.4 is 10.1 Å². The van der Waals surface area contributed by atoms with Gasteiger partial charge in [-0.1, -0.05) is 37.0 Å². The Morgan fingerprint density at radius 2 is 1.82 bits per heavy atom. The van der Waals surface area contributed by atoms with Crippen LogP contribution in [-0.2, 0) is 6.54 Å². The number of benzene rings is 1. The number of hydrogen-bond donors (Lipinski definition) is 1. The molecule has 1 N–H and O–H groups in total. The quantitative estimate of drug-likeness (QED) is 0.866. The van der Waals surface area contributed by atoms with Gasteiger partial charge in [-0.05, 0) is 26.0 Å². The van der Waals surface area contributed by atoms with E-state index in [2.05, 4.69) is 19.2 Å².